The Morgan fingerprint density at radius 3 is 2.93 bits per heavy atom. The van der Waals surface area contributed by atoms with E-state index in [4.69, 9.17) is 5.11 Å². The third-order valence-corrected chi connectivity index (χ3v) is 6.50. The van der Waals surface area contributed by atoms with Crippen LogP contribution in [0.4, 0.5) is 4.79 Å². The quantitative estimate of drug-likeness (QED) is 0.379. The average molecular weight is 391 g/mol. The molecule has 0 aromatic heterocycles. The van der Waals surface area contributed by atoms with Crippen molar-refractivity contribution in [2.45, 2.75) is 49.4 Å². The molecule has 2 aliphatic heterocycles. The van der Waals surface area contributed by atoms with E-state index in [0.717, 1.165) is 30.6 Å². The predicted octanol–water partition coefficient (Wildman–Crippen LogP) is 1.77. The summed E-state index contributed by atoms with van der Waals surface area (Å²) in [5.74, 6) is 0.0372. The van der Waals surface area contributed by atoms with Crippen molar-refractivity contribution >= 4 is 29.7 Å². The smallest absolute Gasteiger partial charge is 0.335 e. The summed E-state index contributed by atoms with van der Waals surface area (Å²) in [4.78, 5) is 34.3. The van der Waals surface area contributed by atoms with Crippen LogP contribution in [0.2, 0.25) is 0 Å². The fourth-order valence-corrected chi connectivity index (χ4v) is 5.11. The van der Waals surface area contributed by atoms with Gasteiger partial charge in [0.1, 0.15) is 0 Å². The van der Waals surface area contributed by atoms with Crippen molar-refractivity contribution in [1.29, 1.82) is 0 Å². The number of carboxylic acids is 1. The van der Waals surface area contributed by atoms with Gasteiger partial charge in [0.05, 0.1) is 17.6 Å². The lowest BCUT2D eigenvalue weighted by atomic mass is 10.0. The summed E-state index contributed by atoms with van der Waals surface area (Å²) in [6, 6.07) is 7.17. The summed E-state index contributed by atoms with van der Waals surface area (Å²) < 4.78 is 0. The fraction of sp³-hybridized carbons (Fsp3) is 0.526. The zero-order valence-corrected chi connectivity index (χ0v) is 15.9. The number of benzene rings is 1. The lowest BCUT2D eigenvalue weighted by Crippen LogP contribution is -2.36. The lowest BCUT2D eigenvalue weighted by Gasteiger charge is -2.16. The Balaban J connectivity index is 1.28. The van der Waals surface area contributed by atoms with Crippen LogP contribution in [0.5, 0.6) is 0 Å². The monoisotopic (exact) mass is 391 g/mol. The maximum atomic E-state index is 12.0. The third-order valence-electron chi connectivity index (χ3n) is 4.99. The van der Waals surface area contributed by atoms with Crippen LogP contribution in [0.3, 0.4) is 0 Å². The fourth-order valence-electron chi connectivity index (χ4n) is 3.57. The second kappa shape index (κ2) is 9.12. The number of fused-ring (bicyclic) bond motifs is 1. The molecule has 7 nitrogen and oxygen atoms in total. The summed E-state index contributed by atoms with van der Waals surface area (Å²) in [6.07, 6.45) is 3.90. The van der Waals surface area contributed by atoms with E-state index in [1.165, 1.54) is 0 Å². The molecule has 4 N–H and O–H groups in total. The molecule has 2 aliphatic rings. The number of carbonyl (C=O) groups is 3. The molecule has 2 heterocycles. The Kier molecular flexibility index (Phi) is 6.60. The van der Waals surface area contributed by atoms with Crippen LogP contribution in [0.15, 0.2) is 24.3 Å². The van der Waals surface area contributed by atoms with Crippen LogP contribution >= 0.6 is 11.8 Å². The van der Waals surface area contributed by atoms with Gasteiger partial charge in [0.25, 0.3) is 0 Å². The highest BCUT2D eigenvalue weighted by molar-refractivity contribution is 8.00. The predicted molar refractivity (Wildman–Crippen MR) is 104 cm³/mol. The van der Waals surface area contributed by atoms with Crippen molar-refractivity contribution in [2.24, 2.45) is 0 Å². The van der Waals surface area contributed by atoms with E-state index in [0.29, 0.717) is 24.6 Å². The molecular weight excluding hydrogens is 366 g/mol. The Labute approximate surface area is 162 Å². The highest BCUT2D eigenvalue weighted by Crippen LogP contribution is 2.33. The van der Waals surface area contributed by atoms with Gasteiger partial charge < -0.3 is 21.1 Å². The van der Waals surface area contributed by atoms with E-state index < -0.39 is 5.97 Å². The van der Waals surface area contributed by atoms with E-state index in [1.807, 2.05) is 17.8 Å². The number of aromatic carboxylic acids is 1. The highest BCUT2D eigenvalue weighted by atomic mass is 32.2. The molecule has 0 bridgehead atoms. The van der Waals surface area contributed by atoms with Gasteiger partial charge in [-0.05, 0) is 37.0 Å². The highest BCUT2D eigenvalue weighted by Gasteiger charge is 2.42. The molecule has 1 aromatic rings. The molecular formula is C19H25N3O4S. The molecule has 146 valence electrons. The zero-order valence-electron chi connectivity index (χ0n) is 15.1. The summed E-state index contributed by atoms with van der Waals surface area (Å²) in [7, 11) is 0. The Bertz CT molecular complexity index is 712. The molecule has 8 heteroatoms. The number of hydrogen-bond donors (Lipinski definition) is 4. The van der Waals surface area contributed by atoms with Crippen LogP contribution in [0, 0.1) is 0 Å². The number of nitrogens with one attached hydrogen (secondary N) is 3. The van der Waals surface area contributed by atoms with Gasteiger partial charge >= 0.3 is 12.0 Å². The summed E-state index contributed by atoms with van der Waals surface area (Å²) in [6.45, 7) is 0.502. The minimum absolute atomic E-state index is 0.0252. The Morgan fingerprint density at radius 1 is 1.26 bits per heavy atom. The molecule has 27 heavy (non-hydrogen) atoms. The number of thioether (sulfide) groups is 1. The second-order valence-electron chi connectivity index (χ2n) is 6.97. The van der Waals surface area contributed by atoms with Crippen molar-refractivity contribution < 1.29 is 19.5 Å². The van der Waals surface area contributed by atoms with Gasteiger partial charge in [-0.25, -0.2) is 9.59 Å². The van der Waals surface area contributed by atoms with E-state index >= 15 is 0 Å². The lowest BCUT2D eigenvalue weighted by molar-refractivity contribution is -0.121. The average Bonchev–Trinajstić information content (AvgIpc) is 3.18. The van der Waals surface area contributed by atoms with Crippen LogP contribution in [-0.4, -0.2) is 52.6 Å². The first-order valence-corrected chi connectivity index (χ1v) is 10.4. The van der Waals surface area contributed by atoms with E-state index in [2.05, 4.69) is 16.0 Å². The summed E-state index contributed by atoms with van der Waals surface area (Å²) in [5, 5.41) is 18.2. The first kappa shape index (κ1) is 19.5. The molecule has 0 saturated carbocycles. The number of rotatable bonds is 9. The van der Waals surface area contributed by atoms with Crippen molar-refractivity contribution in [2.75, 3.05) is 12.3 Å². The van der Waals surface area contributed by atoms with Gasteiger partial charge in [-0.3, -0.25) is 4.79 Å². The topological polar surface area (TPSA) is 108 Å². The molecule has 3 amide bonds. The molecule has 1 aromatic carbocycles. The van der Waals surface area contributed by atoms with E-state index in [-0.39, 0.29) is 29.6 Å². The maximum Gasteiger partial charge on any atom is 0.335 e. The van der Waals surface area contributed by atoms with Crippen molar-refractivity contribution in [3.8, 4) is 0 Å². The molecule has 2 fully saturated rings. The number of carboxylic acid groups (broad SMARTS) is 1. The first-order chi connectivity index (χ1) is 13.0. The van der Waals surface area contributed by atoms with Crippen molar-refractivity contribution in [3.63, 3.8) is 0 Å². The van der Waals surface area contributed by atoms with Crippen LogP contribution < -0.4 is 16.0 Å². The minimum Gasteiger partial charge on any atom is -0.478 e. The zero-order chi connectivity index (χ0) is 19.2. The number of carbonyl (C=O) groups excluding carboxylic acids is 2. The second-order valence-corrected chi connectivity index (χ2v) is 8.25. The molecule has 0 spiro atoms. The molecule has 0 aliphatic carbocycles. The van der Waals surface area contributed by atoms with Gasteiger partial charge in [-0.1, -0.05) is 18.6 Å². The standard InChI is InChI=1S/C19H25N3O4S/c23-16(20-9-8-12-4-3-5-13(10-12)18(24)25)7-2-1-6-15-17-14(11-27-15)21-19(26)22-17/h3-5,10,14-15,17H,1-2,6-9,11H2,(H,20,23)(H,24,25)(H2,21,22,26)/t14-,15-,17-/m0/s1. The van der Waals surface area contributed by atoms with Gasteiger partial charge in [0, 0.05) is 24.0 Å². The van der Waals surface area contributed by atoms with Crippen LogP contribution in [-0.2, 0) is 11.2 Å². The summed E-state index contributed by atoms with van der Waals surface area (Å²) >= 11 is 1.89. The number of unbranched alkanes of at least 4 members (excludes halogenated alkanes) is 1. The Morgan fingerprint density at radius 2 is 2.11 bits per heavy atom. The third kappa shape index (κ3) is 5.38. The molecule has 0 unspecified atom stereocenters. The number of amides is 3. The van der Waals surface area contributed by atoms with Crippen molar-refractivity contribution in [3.05, 3.63) is 35.4 Å². The van der Waals surface area contributed by atoms with Gasteiger partial charge in [-0.15, -0.1) is 0 Å². The molecule has 2 saturated heterocycles. The largest absolute Gasteiger partial charge is 0.478 e. The normalized spacial score (nSPS) is 23.4. The van der Waals surface area contributed by atoms with E-state index in [1.54, 1.807) is 18.2 Å². The Hall–Kier alpha value is -2.22. The molecule has 3 rings (SSSR count). The van der Waals surface area contributed by atoms with Gasteiger partial charge in [-0.2, -0.15) is 11.8 Å². The minimum atomic E-state index is -0.944. The van der Waals surface area contributed by atoms with Crippen LogP contribution in [0.25, 0.3) is 0 Å². The van der Waals surface area contributed by atoms with Gasteiger partial charge in [0.2, 0.25) is 5.91 Å². The number of urea groups is 1. The number of hydrogen-bond acceptors (Lipinski definition) is 4. The SMILES string of the molecule is O=C(CCCC[C@@H]1SC[C@@H]2NC(=O)N[C@@H]21)NCCc1cccc(C(=O)O)c1. The van der Waals surface area contributed by atoms with Crippen molar-refractivity contribution in [1.82, 2.24) is 16.0 Å². The van der Waals surface area contributed by atoms with Crippen LogP contribution in [0.1, 0.15) is 41.6 Å². The molecule has 0 radical (unpaired) electrons. The maximum absolute atomic E-state index is 12.0. The van der Waals surface area contributed by atoms with Gasteiger partial charge in [0.15, 0.2) is 0 Å². The summed E-state index contributed by atoms with van der Waals surface area (Å²) in [5.41, 5.74) is 1.16. The van der Waals surface area contributed by atoms with E-state index in [9.17, 15) is 14.4 Å². The first-order valence-electron chi connectivity index (χ1n) is 9.30. The molecule has 3 atom stereocenters.